The van der Waals surface area contributed by atoms with Crippen LogP contribution >= 0.6 is 27.3 Å². The van der Waals surface area contributed by atoms with E-state index < -0.39 is 14.6 Å². The number of halogens is 1. The Bertz CT molecular complexity index is 451. The molecule has 0 unspecified atom stereocenters. The van der Waals surface area contributed by atoms with Gasteiger partial charge < -0.3 is 5.32 Å². The summed E-state index contributed by atoms with van der Waals surface area (Å²) in [5.41, 5.74) is 0. The average molecular weight is 326 g/mol. The first-order valence-corrected chi connectivity index (χ1v) is 8.37. The van der Waals surface area contributed by atoms with Crippen molar-refractivity contribution < 1.29 is 8.42 Å². The van der Waals surface area contributed by atoms with Crippen LogP contribution in [0.1, 0.15) is 18.7 Å². The van der Waals surface area contributed by atoms with Crippen molar-refractivity contribution in [1.82, 2.24) is 5.32 Å². The second-order valence-electron chi connectivity index (χ2n) is 4.34. The summed E-state index contributed by atoms with van der Waals surface area (Å²) in [4.78, 5) is 1.19. The van der Waals surface area contributed by atoms with E-state index in [-0.39, 0.29) is 0 Å². The summed E-state index contributed by atoms with van der Waals surface area (Å²) in [5.74, 6) is 0. The molecule has 0 fully saturated rings. The van der Waals surface area contributed by atoms with E-state index in [4.69, 9.17) is 0 Å². The number of hydrogen-bond acceptors (Lipinski definition) is 4. The predicted octanol–water partition coefficient (Wildman–Crippen LogP) is 2.42. The van der Waals surface area contributed by atoms with Crippen LogP contribution in [0.3, 0.4) is 0 Å². The molecule has 1 heterocycles. The van der Waals surface area contributed by atoms with E-state index in [9.17, 15) is 8.42 Å². The molecular weight excluding hydrogens is 310 g/mol. The van der Waals surface area contributed by atoms with Crippen LogP contribution in [-0.4, -0.2) is 26.0 Å². The molecule has 3 nitrogen and oxygen atoms in total. The van der Waals surface area contributed by atoms with Gasteiger partial charge in [0.2, 0.25) is 0 Å². The Labute approximate surface area is 109 Å². The SMILES string of the molecule is CC(C)(CNCc1ccc(Br)s1)S(C)(=O)=O. The summed E-state index contributed by atoms with van der Waals surface area (Å²) in [6.45, 7) is 4.63. The molecule has 0 aromatic carbocycles. The monoisotopic (exact) mass is 325 g/mol. The molecule has 1 aromatic rings. The Morgan fingerprint density at radius 3 is 2.50 bits per heavy atom. The third-order valence-corrected chi connectivity index (χ3v) is 6.26. The van der Waals surface area contributed by atoms with E-state index in [1.807, 2.05) is 12.1 Å². The van der Waals surface area contributed by atoms with Crippen molar-refractivity contribution in [3.05, 3.63) is 20.8 Å². The number of sulfone groups is 1. The largest absolute Gasteiger partial charge is 0.310 e. The van der Waals surface area contributed by atoms with E-state index in [0.29, 0.717) is 13.1 Å². The zero-order valence-corrected chi connectivity index (χ0v) is 12.8. The molecule has 0 saturated heterocycles. The van der Waals surface area contributed by atoms with Crippen molar-refractivity contribution in [2.24, 2.45) is 0 Å². The molecule has 1 N–H and O–H groups in total. The van der Waals surface area contributed by atoms with Crippen molar-refractivity contribution in [3.8, 4) is 0 Å². The molecule has 1 aromatic heterocycles. The van der Waals surface area contributed by atoms with Gasteiger partial charge in [-0.3, -0.25) is 0 Å². The van der Waals surface area contributed by atoms with E-state index >= 15 is 0 Å². The standard InChI is InChI=1S/C10H16BrNO2S2/c1-10(2,16(3,13)14)7-12-6-8-4-5-9(11)15-8/h4-5,12H,6-7H2,1-3H3. The molecule has 92 valence electrons. The zero-order valence-electron chi connectivity index (χ0n) is 9.58. The normalized spacial score (nSPS) is 13.0. The van der Waals surface area contributed by atoms with Crippen LogP contribution in [0.5, 0.6) is 0 Å². The maximum absolute atomic E-state index is 11.5. The Morgan fingerprint density at radius 2 is 2.06 bits per heavy atom. The van der Waals surface area contributed by atoms with Gasteiger partial charge in [0.05, 0.1) is 8.53 Å². The molecule has 0 atom stereocenters. The van der Waals surface area contributed by atoms with E-state index in [0.717, 1.165) is 3.79 Å². The first kappa shape index (κ1) is 14.2. The number of nitrogens with one attached hydrogen (secondary N) is 1. The molecule has 1 rings (SSSR count). The third-order valence-electron chi connectivity index (χ3n) is 2.48. The fourth-order valence-electron chi connectivity index (χ4n) is 1.06. The zero-order chi connectivity index (χ0) is 12.4. The molecule has 0 aliphatic heterocycles. The van der Waals surface area contributed by atoms with Crippen LogP contribution in [0.15, 0.2) is 15.9 Å². The first-order chi connectivity index (χ1) is 7.22. The van der Waals surface area contributed by atoms with Gasteiger partial charge in [-0.05, 0) is 41.9 Å². The fraction of sp³-hybridized carbons (Fsp3) is 0.600. The van der Waals surface area contributed by atoms with Crippen LogP contribution < -0.4 is 5.32 Å². The van der Waals surface area contributed by atoms with Crippen molar-refractivity contribution in [2.45, 2.75) is 25.1 Å². The molecular formula is C10H16BrNO2S2. The Morgan fingerprint density at radius 1 is 1.44 bits per heavy atom. The molecule has 0 amide bonds. The number of hydrogen-bond donors (Lipinski definition) is 1. The molecule has 0 aliphatic rings. The van der Waals surface area contributed by atoms with Gasteiger partial charge in [0.25, 0.3) is 0 Å². The Kier molecular flexibility index (Phi) is 4.57. The molecule has 6 heteroatoms. The molecule has 0 saturated carbocycles. The van der Waals surface area contributed by atoms with Crippen molar-refractivity contribution in [2.75, 3.05) is 12.8 Å². The van der Waals surface area contributed by atoms with Gasteiger partial charge in [-0.1, -0.05) is 0 Å². The maximum Gasteiger partial charge on any atom is 0.153 e. The highest BCUT2D eigenvalue weighted by atomic mass is 79.9. The summed E-state index contributed by atoms with van der Waals surface area (Å²) in [6, 6.07) is 4.01. The van der Waals surface area contributed by atoms with E-state index in [1.165, 1.54) is 11.1 Å². The minimum atomic E-state index is -3.02. The average Bonchev–Trinajstić information content (AvgIpc) is 2.49. The minimum absolute atomic E-state index is 0.460. The smallest absolute Gasteiger partial charge is 0.153 e. The lowest BCUT2D eigenvalue weighted by molar-refractivity contribution is 0.522. The Balaban J connectivity index is 2.48. The second kappa shape index (κ2) is 5.16. The molecule has 0 radical (unpaired) electrons. The molecule has 16 heavy (non-hydrogen) atoms. The van der Waals surface area contributed by atoms with Gasteiger partial charge in [-0.25, -0.2) is 8.42 Å². The van der Waals surface area contributed by atoms with Crippen LogP contribution in [0.4, 0.5) is 0 Å². The second-order valence-corrected chi connectivity index (χ2v) is 9.54. The lowest BCUT2D eigenvalue weighted by atomic mass is 10.2. The number of rotatable bonds is 5. The quantitative estimate of drug-likeness (QED) is 0.904. The Hall–Kier alpha value is 0.0900. The summed E-state index contributed by atoms with van der Waals surface area (Å²) in [5, 5.41) is 3.17. The highest BCUT2D eigenvalue weighted by Crippen LogP contribution is 2.22. The predicted molar refractivity (Wildman–Crippen MR) is 72.6 cm³/mol. The molecule has 0 aliphatic carbocycles. The van der Waals surface area contributed by atoms with Crippen LogP contribution in [-0.2, 0) is 16.4 Å². The van der Waals surface area contributed by atoms with E-state index in [1.54, 1.807) is 25.2 Å². The topological polar surface area (TPSA) is 46.2 Å². The summed E-state index contributed by atoms with van der Waals surface area (Å²) in [7, 11) is -3.02. The lowest BCUT2D eigenvalue weighted by Crippen LogP contribution is -2.41. The first-order valence-electron chi connectivity index (χ1n) is 4.87. The van der Waals surface area contributed by atoms with Gasteiger partial charge in [0.15, 0.2) is 9.84 Å². The third kappa shape index (κ3) is 3.84. The lowest BCUT2D eigenvalue weighted by Gasteiger charge is -2.22. The highest BCUT2D eigenvalue weighted by molar-refractivity contribution is 9.11. The van der Waals surface area contributed by atoms with Crippen molar-refractivity contribution in [3.63, 3.8) is 0 Å². The molecule has 0 bridgehead atoms. The summed E-state index contributed by atoms with van der Waals surface area (Å²) >= 11 is 5.04. The maximum atomic E-state index is 11.5. The van der Waals surface area contributed by atoms with Gasteiger partial charge in [-0.15, -0.1) is 11.3 Å². The van der Waals surface area contributed by atoms with Gasteiger partial charge in [0.1, 0.15) is 0 Å². The minimum Gasteiger partial charge on any atom is -0.310 e. The van der Waals surface area contributed by atoms with Crippen LogP contribution in [0.2, 0.25) is 0 Å². The van der Waals surface area contributed by atoms with Gasteiger partial charge in [0, 0.05) is 24.2 Å². The number of thiophene rings is 1. The van der Waals surface area contributed by atoms with Crippen LogP contribution in [0.25, 0.3) is 0 Å². The summed E-state index contributed by atoms with van der Waals surface area (Å²) in [6.07, 6.45) is 1.27. The van der Waals surface area contributed by atoms with Crippen LogP contribution in [0, 0.1) is 0 Å². The molecule has 0 spiro atoms. The fourth-order valence-corrected chi connectivity index (χ4v) is 2.88. The van der Waals surface area contributed by atoms with E-state index in [2.05, 4.69) is 21.2 Å². The van der Waals surface area contributed by atoms with Crippen molar-refractivity contribution >= 4 is 37.1 Å². The summed E-state index contributed by atoms with van der Waals surface area (Å²) < 4.78 is 23.3. The van der Waals surface area contributed by atoms with Crippen molar-refractivity contribution in [1.29, 1.82) is 0 Å². The van der Waals surface area contributed by atoms with Gasteiger partial charge >= 0.3 is 0 Å². The highest BCUT2D eigenvalue weighted by Gasteiger charge is 2.29. The van der Waals surface area contributed by atoms with Gasteiger partial charge in [-0.2, -0.15) is 0 Å².